The molecule has 0 aromatic heterocycles. The maximum atomic E-state index is 12.4. The molecule has 0 fully saturated rings. The molecule has 1 amide bonds. The van der Waals surface area contributed by atoms with E-state index in [9.17, 15) is 10.1 Å². The monoisotopic (exact) mass is 349 g/mol. The van der Waals surface area contributed by atoms with Crippen LogP contribution in [-0.4, -0.2) is 23.9 Å². The van der Waals surface area contributed by atoms with Crippen LogP contribution in [0.4, 0.5) is 5.69 Å². The van der Waals surface area contributed by atoms with Gasteiger partial charge in [0.25, 0.3) is 5.91 Å². The minimum Gasteiger partial charge on any atom is -0.322 e. The van der Waals surface area contributed by atoms with Gasteiger partial charge in [-0.15, -0.1) is 0 Å². The van der Waals surface area contributed by atoms with E-state index in [-0.39, 0.29) is 5.91 Å². The molecule has 0 spiro atoms. The number of anilines is 1. The normalized spacial score (nSPS) is 11.2. The van der Waals surface area contributed by atoms with Crippen molar-refractivity contribution in [1.29, 1.82) is 5.26 Å². The number of carbonyl (C=O) groups is 1. The summed E-state index contributed by atoms with van der Waals surface area (Å²) in [6.07, 6.45) is 0. The lowest BCUT2D eigenvalue weighted by Crippen LogP contribution is -2.22. The van der Waals surface area contributed by atoms with Gasteiger partial charge in [-0.2, -0.15) is 5.26 Å². The van der Waals surface area contributed by atoms with E-state index in [2.05, 4.69) is 30.1 Å². The first kappa shape index (κ1) is 19.7. The third kappa shape index (κ3) is 4.93. The number of rotatable bonds is 7. The molecule has 0 bridgehead atoms. The molecule has 0 atom stereocenters. The number of nitriles is 1. The van der Waals surface area contributed by atoms with Crippen LogP contribution in [0, 0.1) is 11.3 Å². The summed E-state index contributed by atoms with van der Waals surface area (Å²) in [5.41, 5.74) is 2.95. The summed E-state index contributed by atoms with van der Waals surface area (Å²) in [7, 11) is 0. The molecule has 2 aromatic rings. The van der Waals surface area contributed by atoms with Gasteiger partial charge in [-0.05, 0) is 62.3 Å². The molecule has 0 heterocycles. The van der Waals surface area contributed by atoms with Crippen LogP contribution in [-0.2, 0) is 12.0 Å². The standard InChI is InChI=1S/C22H27N3O/c1-5-25(6-2)15-17-7-9-18(10-8-17)21(26)24-20-13-11-19(12-14-20)22(3,4)16-23/h7-14H,5-6,15H2,1-4H3,(H,24,26). The van der Waals surface area contributed by atoms with Crippen LogP contribution in [0.25, 0.3) is 0 Å². The number of benzene rings is 2. The summed E-state index contributed by atoms with van der Waals surface area (Å²) in [6.45, 7) is 11.0. The molecule has 0 aliphatic heterocycles. The summed E-state index contributed by atoms with van der Waals surface area (Å²) >= 11 is 0. The number of hydrogen-bond donors (Lipinski definition) is 1. The Hall–Kier alpha value is -2.64. The topological polar surface area (TPSA) is 56.1 Å². The minimum atomic E-state index is -0.538. The van der Waals surface area contributed by atoms with Gasteiger partial charge in [0.15, 0.2) is 0 Å². The molecule has 4 nitrogen and oxygen atoms in total. The van der Waals surface area contributed by atoms with Crippen molar-refractivity contribution in [2.45, 2.75) is 39.7 Å². The molecule has 0 saturated heterocycles. The van der Waals surface area contributed by atoms with Crippen molar-refractivity contribution in [3.63, 3.8) is 0 Å². The third-order valence-electron chi connectivity index (χ3n) is 4.66. The molecule has 1 N–H and O–H groups in total. The zero-order valence-corrected chi connectivity index (χ0v) is 16.0. The lowest BCUT2D eigenvalue weighted by Gasteiger charge is -2.18. The van der Waals surface area contributed by atoms with Gasteiger partial charge in [-0.25, -0.2) is 0 Å². The highest BCUT2D eigenvalue weighted by Crippen LogP contribution is 2.23. The first-order valence-corrected chi connectivity index (χ1v) is 9.04. The van der Waals surface area contributed by atoms with Gasteiger partial charge < -0.3 is 5.32 Å². The molecule has 136 valence electrons. The van der Waals surface area contributed by atoms with Crippen LogP contribution in [0.15, 0.2) is 48.5 Å². The van der Waals surface area contributed by atoms with E-state index in [0.717, 1.165) is 30.9 Å². The SMILES string of the molecule is CCN(CC)Cc1ccc(C(=O)Nc2ccc(C(C)(C)C#N)cc2)cc1. The van der Waals surface area contributed by atoms with Crippen LogP contribution in [0.1, 0.15) is 49.2 Å². The maximum absolute atomic E-state index is 12.4. The van der Waals surface area contributed by atoms with Gasteiger partial charge in [0.05, 0.1) is 11.5 Å². The van der Waals surface area contributed by atoms with E-state index in [0.29, 0.717) is 5.56 Å². The Morgan fingerprint density at radius 1 is 1.04 bits per heavy atom. The summed E-state index contributed by atoms with van der Waals surface area (Å²) in [5, 5.41) is 12.1. The average molecular weight is 349 g/mol. The van der Waals surface area contributed by atoms with Gasteiger partial charge in [-0.1, -0.05) is 38.1 Å². The molecule has 2 rings (SSSR count). The van der Waals surface area contributed by atoms with Crippen molar-refractivity contribution >= 4 is 11.6 Å². The summed E-state index contributed by atoms with van der Waals surface area (Å²) in [5.74, 6) is -0.133. The second-order valence-corrected chi connectivity index (χ2v) is 6.93. The summed E-state index contributed by atoms with van der Waals surface area (Å²) < 4.78 is 0. The van der Waals surface area contributed by atoms with Gasteiger partial charge in [0.1, 0.15) is 0 Å². The lowest BCUT2D eigenvalue weighted by atomic mass is 9.86. The quantitative estimate of drug-likeness (QED) is 0.796. The largest absolute Gasteiger partial charge is 0.322 e. The molecule has 26 heavy (non-hydrogen) atoms. The molecule has 0 aliphatic rings. The van der Waals surface area contributed by atoms with Crippen LogP contribution in [0.5, 0.6) is 0 Å². The van der Waals surface area contributed by atoms with Gasteiger partial charge in [0, 0.05) is 17.8 Å². The average Bonchev–Trinajstić information content (AvgIpc) is 2.67. The van der Waals surface area contributed by atoms with Crippen molar-refractivity contribution in [2.24, 2.45) is 0 Å². The predicted molar refractivity (Wildman–Crippen MR) is 106 cm³/mol. The highest BCUT2D eigenvalue weighted by atomic mass is 16.1. The fraction of sp³-hybridized carbons (Fsp3) is 0.364. The first-order chi connectivity index (χ1) is 12.4. The van der Waals surface area contributed by atoms with E-state index < -0.39 is 5.41 Å². The highest BCUT2D eigenvalue weighted by molar-refractivity contribution is 6.04. The van der Waals surface area contributed by atoms with Gasteiger partial charge in [-0.3, -0.25) is 9.69 Å². The number of hydrogen-bond acceptors (Lipinski definition) is 3. The Morgan fingerprint density at radius 2 is 1.62 bits per heavy atom. The number of carbonyl (C=O) groups excluding carboxylic acids is 1. The van der Waals surface area contributed by atoms with Crippen LogP contribution >= 0.6 is 0 Å². The Labute approximate surface area is 156 Å². The maximum Gasteiger partial charge on any atom is 0.255 e. The molecule has 2 aromatic carbocycles. The molecule has 4 heteroatoms. The molecule has 0 saturated carbocycles. The van der Waals surface area contributed by atoms with E-state index >= 15 is 0 Å². The van der Waals surface area contributed by atoms with Gasteiger partial charge in [0.2, 0.25) is 0 Å². The van der Waals surface area contributed by atoms with Crippen molar-refractivity contribution in [3.05, 3.63) is 65.2 Å². The lowest BCUT2D eigenvalue weighted by molar-refractivity contribution is 0.102. The predicted octanol–water partition coefficient (Wildman–Crippen LogP) is 4.58. The van der Waals surface area contributed by atoms with Crippen molar-refractivity contribution in [1.82, 2.24) is 4.90 Å². The fourth-order valence-corrected chi connectivity index (χ4v) is 2.70. The van der Waals surface area contributed by atoms with E-state index in [1.165, 1.54) is 5.56 Å². The van der Waals surface area contributed by atoms with E-state index in [4.69, 9.17) is 0 Å². The zero-order valence-electron chi connectivity index (χ0n) is 16.0. The second-order valence-electron chi connectivity index (χ2n) is 6.93. The molecular formula is C22H27N3O. The van der Waals surface area contributed by atoms with Gasteiger partial charge >= 0.3 is 0 Å². The van der Waals surface area contributed by atoms with E-state index in [1.807, 2.05) is 62.4 Å². The highest BCUT2D eigenvalue weighted by Gasteiger charge is 2.19. The molecular weight excluding hydrogens is 322 g/mol. The molecule has 0 unspecified atom stereocenters. The Balaban J connectivity index is 2.02. The molecule has 0 aliphatic carbocycles. The smallest absolute Gasteiger partial charge is 0.255 e. The summed E-state index contributed by atoms with van der Waals surface area (Å²) in [4.78, 5) is 14.8. The Morgan fingerprint density at radius 3 is 2.12 bits per heavy atom. The van der Waals surface area contributed by atoms with Crippen LogP contribution in [0.3, 0.4) is 0 Å². The zero-order chi connectivity index (χ0) is 19.2. The number of amides is 1. The minimum absolute atomic E-state index is 0.133. The third-order valence-corrected chi connectivity index (χ3v) is 4.66. The fourth-order valence-electron chi connectivity index (χ4n) is 2.70. The Bertz CT molecular complexity index is 767. The first-order valence-electron chi connectivity index (χ1n) is 9.04. The van der Waals surface area contributed by atoms with Crippen LogP contribution in [0.2, 0.25) is 0 Å². The Kier molecular flexibility index (Phi) is 6.54. The van der Waals surface area contributed by atoms with Crippen molar-refractivity contribution < 1.29 is 4.79 Å². The van der Waals surface area contributed by atoms with E-state index in [1.54, 1.807) is 0 Å². The van der Waals surface area contributed by atoms with Crippen molar-refractivity contribution in [3.8, 4) is 6.07 Å². The summed E-state index contributed by atoms with van der Waals surface area (Å²) in [6, 6.07) is 17.4. The van der Waals surface area contributed by atoms with Crippen molar-refractivity contribution in [2.75, 3.05) is 18.4 Å². The molecule has 0 radical (unpaired) electrons. The second kappa shape index (κ2) is 8.64. The number of nitrogens with zero attached hydrogens (tertiary/aromatic N) is 2. The number of nitrogens with one attached hydrogen (secondary N) is 1. The van der Waals surface area contributed by atoms with Crippen LogP contribution < -0.4 is 5.32 Å².